The monoisotopic (exact) mass is 298 g/mol. The van der Waals surface area contributed by atoms with E-state index in [2.05, 4.69) is 11.6 Å². The maximum atomic E-state index is 12.0. The van der Waals surface area contributed by atoms with Gasteiger partial charge in [-0.25, -0.2) is 13.1 Å². The van der Waals surface area contributed by atoms with Crippen LogP contribution in [0.4, 0.5) is 0 Å². The van der Waals surface area contributed by atoms with E-state index in [1.54, 1.807) is 18.7 Å². The van der Waals surface area contributed by atoms with E-state index >= 15 is 0 Å². The van der Waals surface area contributed by atoms with E-state index < -0.39 is 15.3 Å². The maximum absolute atomic E-state index is 12.0. The molecular formula is C10H22N2O2S3. The molecule has 0 radical (unpaired) electrons. The van der Waals surface area contributed by atoms with Crippen LogP contribution in [0.3, 0.4) is 0 Å². The van der Waals surface area contributed by atoms with Gasteiger partial charge in [-0.3, -0.25) is 0 Å². The molecule has 3 N–H and O–H groups in total. The zero-order valence-corrected chi connectivity index (χ0v) is 13.1. The molecule has 2 unspecified atom stereocenters. The van der Waals surface area contributed by atoms with Gasteiger partial charge in [0.15, 0.2) is 0 Å². The second kappa shape index (κ2) is 8.29. The normalized spacial score (nSPS) is 15.5. The molecule has 0 aromatic rings. The fraction of sp³-hybridized carbons (Fsp3) is 0.900. The summed E-state index contributed by atoms with van der Waals surface area (Å²) >= 11 is 6.58. The molecule has 17 heavy (non-hydrogen) atoms. The van der Waals surface area contributed by atoms with Crippen LogP contribution in [0.25, 0.3) is 0 Å². The number of nitrogens with two attached hydrogens (primary N) is 1. The van der Waals surface area contributed by atoms with E-state index in [9.17, 15) is 8.42 Å². The molecule has 0 bridgehead atoms. The van der Waals surface area contributed by atoms with Gasteiger partial charge in [0.25, 0.3) is 0 Å². The van der Waals surface area contributed by atoms with Crippen LogP contribution in [0, 0.1) is 0 Å². The van der Waals surface area contributed by atoms with Crippen molar-refractivity contribution in [3.63, 3.8) is 0 Å². The minimum atomic E-state index is -3.43. The van der Waals surface area contributed by atoms with Crippen molar-refractivity contribution in [3.05, 3.63) is 0 Å². The highest BCUT2D eigenvalue weighted by molar-refractivity contribution is 7.99. The van der Waals surface area contributed by atoms with E-state index in [1.807, 2.05) is 6.92 Å². The third kappa shape index (κ3) is 6.59. The molecule has 0 saturated carbocycles. The van der Waals surface area contributed by atoms with Crippen LogP contribution in [0.15, 0.2) is 0 Å². The minimum Gasteiger partial charge on any atom is -0.392 e. The summed E-state index contributed by atoms with van der Waals surface area (Å²) < 4.78 is 26.6. The van der Waals surface area contributed by atoms with Crippen molar-refractivity contribution < 1.29 is 8.42 Å². The zero-order chi connectivity index (χ0) is 13.5. The molecular weight excluding hydrogens is 276 g/mol. The highest BCUT2D eigenvalue weighted by Crippen LogP contribution is 2.09. The lowest BCUT2D eigenvalue weighted by atomic mass is 10.3. The lowest BCUT2D eigenvalue weighted by Crippen LogP contribution is -2.45. The van der Waals surface area contributed by atoms with Gasteiger partial charge in [0, 0.05) is 6.04 Å². The predicted octanol–water partition coefficient (Wildman–Crippen LogP) is 1.50. The van der Waals surface area contributed by atoms with E-state index in [4.69, 9.17) is 18.0 Å². The van der Waals surface area contributed by atoms with Gasteiger partial charge in [-0.05, 0) is 31.3 Å². The molecule has 0 aliphatic heterocycles. The van der Waals surface area contributed by atoms with Crippen LogP contribution in [0.5, 0.6) is 0 Å². The molecule has 7 heteroatoms. The first-order valence-electron chi connectivity index (χ1n) is 5.73. The maximum Gasteiger partial charge on any atom is 0.221 e. The van der Waals surface area contributed by atoms with Gasteiger partial charge in [0.2, 0.25) is 10.0 Å². The summed E-state index contributed by atoms with van der Waals surface area (Å²) in [5.41, 5.74) is 5.44. The molecule has 0 spiro atoms. The second-order valence-electron chi connectivity index (χ2n) is 3.85. The van der Waals surface area contributed by atoms with Crippen molar-refractivity contribution >= 4 is 39.0 Å². The summed E-state index contributed by atoms with van der Waals surface area (Å²) in [5, 5.41) is -0.765. The molecule has 2 atom stereocenters. The van der Waals surface area contributed by atoms with Crippen LogP contribution >= 0.6 is 24.0 Å². The minimum absolute atomic E-state index is 0.0372. The molecule has 102 valence electrons. The smallest absolute Gasteiger partial charge is 0.221 e. The topological polar surface area (TPSA) is 72.2 Å². The third-order valence-electron chi connectivity index (χ3n) is 2.33. The van der Waals surface area contributed by atoms with Crippen LogP contribution in [0.2, 0.25) is 0 Å². The van der Waals surface area contributed by atoms with Gasteiger partial charge in [0.05, 0.1) is 4.99 Å². The Morgan fingerprint density at radius 3 is 2.47 bits per heavy atom. The molecule has 0 aromatic carbocycles. The van der Waals surface area contributed by atoms with Gasteiger partial charge in [0.1, 0.15) is 5.25 Å². The molecule has 0 saturated heterocycles. The Morgan fingerprint density at radius 2 is 2.06 bits per heavy atom. The molecule has 0 amide bonds. The molecule has 4 nitrogen and oxygen atoms in total. The van der Waals surface area contributed by atoms with Gasteiger partial charge in [-0.2, -0.15) is 11.8 Å². The first-order chi connectivity index (χ1) is 7.85. The van der Waals surface area contributed by atoms with Crippen LogP contribution in [-0.2, 0) is 10.0 Å². The van der Waals surface area contributed by atoms with Crippen LogP contribution in [0.1, 0.15) is 33.6 Å². The Bertz CT molecular complexity index is 330. The largest absolute Gasteiger partial charge is 0.392 e. The summed E-state index contributed by atoms with van der Waals surface area (Å²) in [6.45, 7) is 5.71. The highest BCUT2D eigenvalue weighted by Gasteiger charge is 2.27. The number of hydrogen-bond donors (Lipinski definition) is 2. The Hall–Kier alpha value is 0.150. The average Bonchev–Trinajstić information content (AvgIpc) is 2.16. The van der Waals surface area contributed by atoms with Crippen molar-refractivity contribution in [1.29, 1.82) is 0 Å². The summed E-state index contributed by atoms with van der Waals surface area (Å²) in [6.07, 6.45) is 1.21. The first kappa shape index (κ1) is 17.2. The number of sulfonamides is 1. The quantitative estimate of drug-likeness (QED) is 0.498. The third-order valence-corrected chi connectivity index (χ3v) is 5.76. The summed E-state index contributed by atoms with van der Waals surface area (Å²) in [5.74, 6) is 1.99. The average molecular weight is 298 g/mol. The Labute approximate surface area is 114 Å². The number of hydrogen-bond acceptors (Lipinski definition) is 4. The first-order valence-corrected chi connectivity index (χ1v) is 8.84. The Morgan fingerprint density at radius 1 is 1.47 bits per heavy atom. The van der Waals surface area contributed by atoms with E-state index in [0.29, 0.717) is 6.42 Å². The van der Waals surface area contributed by atoms with Crippen molar-refractivity contribution in [2.75, 3.05) is 11.5 Å². The number of thiocarbonyl (C=S) groups is 1. The fourth-order valence-corrected chi connectivity index (χ4v) is 4.34. The van der Waals surface area contributed by atoms with Gasteiger partial charge in [-0.15, -0.1) is 0 Å². The molecule has 0 heterocycles. The van der Waals surface area contributed by atoms with Crippen LogP contribution < -0.4 is 10.5 Å². The van der Waals surface area contributed by atoms with Crippen molar-refractivity contribution in [2.45, 2.75) is 44.9 Å². The lowest BCUT2D eigenvalue weighted by Gasteiger charge is -2.19. The van der Waals surface area contributed by atoms with Crippen LogP contribution in [-0.4, -0.2) is 36.2 Å². The summed E-state index contributed by atoms with van der Waals surface area (Å²) in [4.78, 5) is 0.0372. The van der Waals surface area contributed by atoms with Gasteiger partial charge < -0.3 is 5.73 Å². The van der Waals surface area contributed by atoms with E-state index in [0.717, 1.165) is 17.9 Å². The number of rotatable bonds is 9. The molecule has 0 rings (SSSR count). The standard InChI is InChI=1S/C10H22N2O2S3/c1-4-9(10(11)15)17(13,14)12-8(3)6-7-16-5-2/h8-9,12H,4-7H2,1-3H3,(H2,11,15). The Balaban J connectivity index is 4.38. The van der Waals surface area contributed by atoms with E-state index in [1.165, 1.54) is 0 Å². The number of nitrogens with one attached hydrogen (secondary N) is 1. The van der Waals surface area contributed by atoms with Crippen molar-refractivity contribution in [1.82, 2.24) is 4.72 Å². The summed E-state index contributed by atoms with van der Waals surface area (Å²) in [6, 6.07) is -0.0811. The fourth-order valence-electron chi connectivity index (χ4n) is 1.40. The zero-order valence-electron chi connectivity index (χ0n) is 10.6. The Kier molecular flexibility index (Phi) is 8.36. The predicted molar refractivity (Wildman–Crippen MR) is 80.0 cm³/mol. The molecule has 0 aliphatic rings. The SMILES string of the molecule is CCSCCC(C)NS(=O)(=O)C(CC)C(N)=S. The number of thioether (sulfide) groups is 1. The van der Waals surface area contributed by atoms with Crippen molar-refractivity contribution in [2.24, 2.45) is 5.73 Å². The van der Waals surface area contributed by atoms with Gasteiger partial charge >= 0.3 is 0 Å². The van der Waals surface area contributed by atoms with Crippen molar-refractivity contribution in [3.8, 4) is 0 Å². The lowest BCUT2D eigenvalue weighted by molar-refractivity contribution is 0.550. The molecule has 0 aliphatic carbocycles. The molecule has 0 fully saturated rings. The molecule has 0 aromatic heterocycles. The van der Waals surface area contributed by atoms with Gasteiger partial charge in [-0.1, -0.05) is 26.1 Å². The highest BCUT2D eigenvalue weighted by atomic mass is 32.2. The van der Waals surface area contributed by atoms with E-state index in [-0.39, 0.29) is 11.0 Å². The summed E-state index contributed by atoms with van der Waals surface area (Å²) in [7, 11) is -3.43. The second-order valence-corrected chi connectivity index (χ2v) is 7.61.